The van der Waals surface area contributed by atoms with Gasteiger partial charge in [0.05, 0.1) is 81.4 Å². The molecule has 35 unspecified atom stereocenters. The normalized spacial score (nSPS) is 45.4. The van der Waals surface area contributed by atoms with Crippen molar-refractivity contribution in [2.45, 2.75) is 295 Å². The lowest BCUT2D eigenvalue weighted by Gasteiger charge is -2.50. The molecule has 8 N–H and O–H groups in total. The molecule has 11 saturated heterocycles. The molecule has 630 valence electrons. The van der Waals surface area contributed by atoms with Gasteiger partial charge in [0.1, 0.15) is 131 Å². The standard InChI is InChI=1S/C70H96Cl3NO38/c1-23-15-30(75)41(72)43(77)38(23)61(83)101-34-21-95-70(60-53(34)93-22-94-60)109-35-20-92-63(46(80)52(35)110-70)107-65-56(90-13)45(79)51(33(102-65)19-87-10)105-64-47(81)55(50(88-11)26(4)98-64)106-66-57(82)68(9)59(29(7)99-66)111-69(112-68)17-31(76)48(27(5)108-69)103-36-16-32(100-37-18-67(8,74(85)86)58(91-14)28(6)97-37)49(25(3)96-36)104-62(84)39-24(2)40(71)44(78)42(73)54(39)89-12/h15,25-29,31-37,45-53,55-60,63-66,75-82H,16-22H2,1-14H3. The number of hydrogen-bond acceptors (Lipinski definition) is 38. The van der Waals surface area contributed by atoms with Crippen LogP contribution in [0.25, 0.3) is 0 Å². The van der Waals surface area contributed by atoms with Crippen LogP contribution in [0.1, 0.15) is 99.6 Å². The zero-order valence-electron chi connectivity index (χ0n) is 63.3. The number of phenols is 3. The monoisotopic (exact) mass is 1660 g/mol. The van der Waals surface area contributed by atoms with Crippen LogP contribution in [0, 0.1) is 24.0 Å². The molecule has 0 saturated carbocycles. The van der Waals surface area contributed by atoms with E-state index >= 15 is 0 Å². The molecule has 11 aliphatic rings. The summed E-state index contributed by atoms with van der Waals surface area (Å²) in [6.07, 6.45) is -41.2. The van der Waals surface area contributed by atoms with E-state index in [0.29, 0.717) is 0 Å². The number of fused-ring (bicyclic) bond motifs is 4. The van der Waals surface area contributed by atoms with Gasteiger partial charge in [-0.3, -0.25) is 10.1 Å². The summed E-state index contributed by atoms with van der Waals surface area (Å²) in [7, 11) is 6.51. The number of phenolic OH excluding ortho intramolecular Hbond substituents is 3. The third-order valence-corrected chi connectivity index (χ3v) is 23.8. The molecule has 39 nitrogen and oxygen atoms in total. The number of methoxy groups -OCH3 is 5. The fourth-order valence-electron chi connectivity index (χ4n) is 17.0. The van der Waals surface area contributed by atoms with Gasteiger partial charge in [-0.05, 0) is 72.6 Å². The second kappa shape index (κ2) is 33.5. The topological polar surface area (TPSA) is 479 Å². The van der Waals surface area contributed by atoms with Crippen molar-refractivity contribution < 1.29 is 179 Å². The first-order chi connectivity index (χ1) is 53.0. The maximum absolute atomic E-state index is 14.3. The number of rotatable bonds is 21. The molecule has 2 aromatic rings. The number of esters is 2. The quantitative estimate of drug-likeness (QED) is 0.0503. The van der Waals surface area contributed by atoms with Gasteiger partial charge < -0.3 is 164 Å². The number of nitrogens with zero attached hydrogens (tertiary/aromatic N) is 1. The Bertz CT molecular complexity index is 3710. The first kappa shape index (κ1) is 85.6. The highest BCUT2D eigenvalue weighted by Gasteiger charge is 2.70. The van der Waals surface area contributed by atoms with Crippen molar-refractivity contribution >= 4 is 46.7 Å². The Morgan fingerprint density at radius 3 is 1.96 bits per heavy atom. The predicted molar refractivity (Wildman–Crippen MR) is 368 cm³/mol. The molecule has 11 heterocycles. The largest absolute Gasteiger partial charge is 0.506 e. The Kier molecular flexibility index (Phi) is 25.6. The Morgan fingerprint density at radius 2 is 1.29 bits per heavy atom. The fourth-order valence-corrected chi connectivity index (χ4v) is 17.7. The minimum absolute atomic E-state index is 0.0688. The Balaban J connectivity index is 0.644. The Hall–Kier alpha value is -4.27. The highest BCUT2D eigenvalue weighted by molar-refractivity contribution is 6.39. The van der Waals surface area contributed by atoms with Crippen LogP contribution in [0.3, 0.4) is 0 Å². The lowest BCUT2D eigenvalue weighted by atomic mass is 9.85. The van der Waals surface area contributed by atoms with Crippen LogP contribution in [-0.2, 0) is 118 Å². The number of hydrogen-bond donors (Lipinski definition) is 8. The Morgan fingerprint density at radius 1 is 0.598 bits per heavy atom. The molecule has 11 aliphatic heterocycles. The number of ether oxygens (including phenoxy) is 26. The van der Waals surface area contributed by atoms with E-state index in [1.807, 2.05) is 0 Å². The van der Waals surface area contributed by atoms with Gasteiger partial charge in [0.25, 0.3) is 11.5 Å². The lowest BCUT2D eigenvalue weighted by molar-refractivity contribution is -0.595. The number of carbonyl (C=O) groups is 2. The molecule has 112 heavy (non-hydrogen) atoms. The summed E-state index contributed by atoms with van der Waals surface area (Å²) in [6, 6.07) is 1.19. The van der Waals surface area contributed by atoms with Crippen LogP contribution in [-0.4, -0.2) is 333 Å². The summed E-state index contributed by atoms with van der Waals surface area (Å²) >= 11 is 18.8. The molecule has 2 aromatic carbocycles. The van der Waals surface area contributed by atoms with Gasteiger partial charge in [-0.15, -0.1) is 0 Å². The van der Waals surface area contributed by atoms with Crippen LogP contribution < -0.4 is 4.74 Å². The lowest BCUT2D eigenvalue weighted by Crippen LogP contribution is -2.68. The first-order valence-corrected chi connectivity index (χ1v) is 37.6. The molecule has 0 radical (unpaired) electrons. The second-order valence-corrected chi connectivity index (χ2v) is 31.1. The van der Waals surface area contributed by atoms with Crippen LogP contribution in [0.15, 0.2) is 6.07 Å². The zero-order chi connectivity index (χ0) is 81.0. The number of aromatic hydroxyl groups is 3. The average Bonchev–Trinajstić information content (AvgIpc) is 1.56. The molecular formula is C70H96Cl3NO38. The first-order valence-electron chi connectivity index (χ1n) is 36.4. The van der Waals surface area contributed by atoms with Gasteiger partial charge in [-0.2, -0.15) is 0 Å². The molecule has 0 amide bonds. The highest BCUT2D eigenvalue weighted by atomic mass is 35.5. The molecule has 13 rings (SSSR count). The number of carbonyl (C=O) groups excluding carboxylic acids is 2. The second-order valence-electron chi connectivity index (χ2n) is 30.0. The smallest absolute Gasteiger partial charge is 0.342 e. The van der Waals surface area contributed by atoms with Crippen molar-refractivity contribution in [2.24, 2.45) is 0 Å². The summed E-state index contributed by atoms with van der Waals surface area (Å²) in [4.78, 5) is 39.9. The van der Waals surface area contributed by atoms with Gasteiger partial charge >= 0.3 is 17.9 Å². The van der Waals surface area contributed by atoms with Crippen molar-refractivity contribution in [2.75, 3.05) is 62.2 Å². The van der Waals surface area contributed by atoms with Crippen molar-refractivity contribution in [1.82, 2.24) is 0 Å². The zero-order valence-corrected chi connectivity index (χ0v) is 65.6. The van der Waals surface area contributed by atoms with Crippen molar-refractivity contribution in [3.05, 3.63) is 53.5 Å². The van der Waals surface area contributed by atoms with E-state index in [2.05, 4.69) is 0 Å². The van der Waals surface area contributed by atoms with E-state index in [-0.39, 0.29) is 77.5 Å². The van der Waals surface area contributed by atoms with E-state index < -0.39 is 259 Å². The summed E-state index contributed by atoms with van der Waals surface area (Å²) < 4.78 is 160. The van der Waals surface area contributed by atoms with E-state index in [0.717, 1.165) is 0 Å². The molecule has 0 aromatic heterocycles. The number of aryl methyl sites for hydroxylation is 1. The van der Waals surface area contributed by atoms with Crippen LogP contribution >= 0.6 is 34.8 Å². The summed E-state index contributed by atoms with van der Waals surface area (Å²) in [5.41, 5.74) is -3.74. The SMILES string of the molecule is COCC1OC(OC2OCC3OC4(OCC(OC(=O)c5c(C)cc(O)c(Cl)c5O)C5OCOC54)OC3C2O)C(OC)C(O)C1OC1OC(C)C(OC)C(OC2OC(C)C3OC4(CC(O)C(OC5CC(OC6CC(C)([N+](=O)[O-])C(OC)C(C)O6)C(OC(=O)c6c(C)c(Cl)c(O)c(Cl)c6OC)C(C)O5)C(C)O4)OC3(C)C2O)C1O. The van der Waals surface area contributed by atoms with E-state index in [1.54, 1.807) is 34.6 Å². The van der Waals surface area contributed by atoms with Crippen molar-refractivity contribution in [3.63, 3.8) is 0 Å². The summed E-state index contributed by atoms with van der Waals surface area (Å²) in [5, 5.41) is 104. The van der Waals surface area contributed by atoms with Gasteiger partial charge in [0.2, 0.25) is 0 Å². The molecule has 42 heteroatoms. The Labute approximate surface area is 656 Å². The molecule has 0 bridgehead atoms. The molecule has 35 atom stereocenters. The van der Waals surface area contributed by atoms with E-state index in [4.69, 9.17) is 158 Å². The maximum atomic E-state index is 14.3. The number of nitro groups is 1. The molecule has 2 spiro atoms. The molecule has 11 fully saturated rings. The predicted octanol–water partition coefficient (Wildman–Crippen LogP) is 1.92. The maximum Gasteiger partial charge on any atom is 0.342 e. The number of aliphatic hydroxyl groups is 5. The fraction of sp³-hybridized carbons (Fsp3) is 0.800. The van der Waals surface area contributed by atoms with Gasteiger partial charge in [0.15, 0.2) is 79.4 Å². The molecular weight excluding hydrogens is 1570 g/mol. The van der Waals surface area contributed by atoms with Gasteiger partial charge in [-0.25, -0.2) is 9.59 Å². The average molecular weight is 1670 g/mol. The number of halogens is 3. The molecule has 0 aliphatic carbocycles. The third-order valence-electron chi connectivity index (χ3n) is 22.6. The van der Waals surface area contributed by atoms with Crippen molar-refractivity contribution in [1.29, 1.82) is 0 Å². The van der Waals surface area contributed by atoms with Gasteiger partial charge in [0, 0.05) is 46.7 Å². The summed E-state index contributed by atoms with van der Waals surface area (Å²) in [5.74, 6) is -8.02. The summed E-state index contributed by atoms with van der Waals surface area (Å²) in [6.45, 7) is 12.6. The minimum Gasteiger partial charge on any atom is -0.506 e. The minimum atomic E-state index is -2.07. The van der Waals surface area contributed by atoms with Crippen molar-refractivity contribution in [3.8, 4) is 23.0 Å². The van der Waals surface area contributed by atoms with Gasteiger partial charge in [-0.1, -0.05) is 34.8 Å². The highest BCUT2D eigenvalue weighted by Crippen LogP contribution is 2.53. The van der Waals surface area contributed by atoms with E-state index in [9.17, 15) is 60.6 Å². The number of benzene rings is 2. The van der Waals surface area contributed by atoms with Crippen LogP contribution in [0.5, 0.6) is 23.0 Å². The number of aliphatic hydroxyl groups excluding tert-OH is 5. The van der Waals surface area contributed by atoms with Crippen LogP contribution in [0.4, 0.5) is 0 Å². The van der Waals surface area contributed by atoms with Crippen LogP contribution in [0.2, 0.25) is 15.1 Å². The van der Waals surface area contributed by atoms with E-state index in [1.165, 1.54) is 69.3 Å². The third kappa shape index (κ3) is 15.5.